The summed E-state index contributed by atoms with van der Waals surface area (Å²) in [7, 11) is 0. The fraction of sp³-hybridized carbons (Fsp3) is 0.667. The van der Waals surface area contributed by atoms with Crippen LogP contribution in [0.15, 0.2) is 22.9 Å². The van der Waals surface area contributed by atoms with Gasteiger partial charge in [0.05, 0.1) is 32.3 Å². The molecule has 4 rings (SSSR count). The minimum atomic E-state index is 0.0403. The first-order valence-corrected chi connectivity index (χ1v) is 18.8. The van der Waals surface area contributed by atoms with Crippen molar-refractivity contribution in [2.24, 2.45) is 11.8 Å². The van der Waals surface area contributed by atoms with Gasteiger partial charge in [0.1, 0.15) is 0 Å². The summed E-state index contributed by atoms with van der Waals surface area (Å²) in [6, 6.07) is 4.20. The van der Waals surface area contributed by atoms with E-state index in [0.29, 0.717) is 23.0 Å². The van der Waals surface area contributed by atoms with Crippen LogP contribution in [-0.2, 0) is 9.59 Å². The van der Waals surface area contributed by atoms with E-state index in [1.54, 1.807) is 22.7 Å². The molecule has 2 aliphatic rings. The molecule has 0 fully saturated rings. The quantitative estimate of drug-likeness (QED) is 0.110. The average Bonchev–Trinajstić information content (AvgIpc) is 3.76. The topological polar surface area (TPSA) is 40.6 Å². The molecule has 0 aromatic carbocycles. The first-order valence-electron chi connectivity index (χ1n) is 17.1. The molecule has 0 bridgehead atoms. The Bertz CT molecular complexity index is 1090. The van der Waals surface area contributed by atoms with Crippen molar-refractivity contribution in [1.29, 1.82) is 0 Å². The van der Waals surface area contributed by atoms with Crippen molar-refractivity contribution in [3.8, 4) is 0 Å². The standard InChI is InChI=1S/C36H54N2O2S2/c1-5-9-13-15-19-27(17-11-7-3)25-37-29-21-23-41-33(29)31(35(37)39)32-34-30(22-24-42-34)38(36(32)40)26-28(18-12-8-4)20-16-14-10-6-2/h21-24,27-28H,5-20,25-26H2,1-4H3/b32-31+. The number of carbonyl (C=O) groups is 2. The first-order chi connectivity index (χ1) is 20.5. The lowest BCUT2D eigenvalue weighted by Crippen LogP contribution is -2.34. The van der Waals surface area contributed by atoms with Crippen molar-refractivity contribution in [2.75, 3.05) is 22.9 Å². The molecule has 42 heavy (non-hydrogen) atoms. The van der Waals surface area contributed by atoms with Crippen molar-refractivity contribution >= 4 is 57.0 Å². The van der Waals surface area contributed by atoms with Crippen LogP contribution in [-0.4, -0.2) is 24.9 Å². The second-order valence-corrected chi connectivity index (χ2v) is 14.4. The SMILES string of the molecule is CCCCCCC(CCCC)CN1C(=O)/C(=C2/C(=O)N(CC(CCCC)CCCCCC)c3ccsc32)c2sccc21. The number of hydrogen-bond acceptors (Lipinski definition) is 4. The minimum Gasteiger partial charge on any atom is -0.307 e. The van der Waals surface area contributed by atoms with Crippen LogP contribution in [0.5, 0.6) is 0 Å². The van der Waals surface area contributed by atoms with Gasteiger partial charge in [0.15, 0.2) is 0 Å². The van der Waals surface area contributed by atoms with Crippen LogP contribution in [0.4, 0.5) is 11.4 Å². The number of hydrogen-bond donors (Lipinski definition) is 0. The highest BCUT2D eigenvalue weighted by Crippen LogP contribution is 2.50. The van der Waals surface area contributed by atoms with Gasteiger partial charge in [0.25, 0.3) is 11.8 Å². The van der Waals surface area contributed by atoms with E-state index in [9.17, 15) is 9.59 Å². The summed E-state index contributed by atoms with van der Waals surface area (Å²) >= 11 is 3.24. The monoisotopic (exact) mass is 610 g/mol. The lowest BCUT2D eigenvalue weighted by molar-refractivity contribution is -0.114. The lowest BCUT2D eigenvalue weighted by atomic mass is 9.94. The van der Waals surface area contributed by atoms with Gasteiger partial charge in [0.2, 0.25) is 0 Å². The largest absolute Gasteiger partial charge is 0.307 e. The highest BCUT2D eigenvalue weighted by Gasteiger charge is 2.44. The molecule has 232 valence electrons. The molecule has 0 N–H and O–H groups in total. The molecule has 0 radical (unpaired) electrons. The number of anilines is 2. The van der Waals surface area contributed by atoms with Gasteiger partial charge in [-0.15, -0.1) is 22.7 Å². The van der Waals surface area contributed by atoms with E-state index in [1.165, 1.54) is 89.9 Å². The van der Waals surface area contributed by atoms with E-state index in [4.69, 9.17) is 0 Å². The Hall–Kier alpha value is -1.92. The summed E-state index contributed by atoms with van der Waals surface area (Å²) in [6.45, 7) is 10.5. The van der Waals surface area contributed by atoms with Crippen molar-refractivity contribution in [1.82, 2.24) is 0 Å². The summed E-state index contributed by atoms with van der Waals surface area (Å²) in [4.78, 5) is 34.5. The second kappa shape index (κ2) is 16.8. The Morgan fingerprint density at radius 1 is 0.548 bits per heavy atom. The maximum Gasteiger partial charge on any atom is 0.260 e. The molecule has 0 spiro atoms. The van der Waals surface area contributed by atoms with Gasteiger partial charge in [-0.2, -0.15) is 0 Å². The van der Waals surface area contributed by atoms with E-state index in [0.717, 1.165) is 47.1 Å². The van der Waals surface area contributed by atoms with Crippen molar-refractivity contribution in [3.05, 3.63) is 32.6 Å². The smallest absolute Gasteiger partial charge is 0.260 e. The first kappa shape index (κ1) is 33.0. The number of thiophene rings is 2. The Morgan fingerprint density at radius 2 is 0.929 bits per heavy atom. The summed E-state index contributed by atoms with van der Waals surface area (Å²) < 4.78 is 0. The Morgan fingerprint density at radius 3 is 1.31 bits per heavy atom. The third kappa shape index (κ3) is 7.77. The van der Waals surface area contributed by atoms with Crippen molar-refractivity contribution < 1.29 is 9.59 Å². The average molecular weight is 611 g/mol. The molecule has 4 heterocycles. The third-order valence-electron chi connectivity index (χ3n) is 9.24. The molecule has 0 aliphatic carbocycles. The molecule has 2 aliphatic heterocycles. The molecule has 2 amide bonds. The van der Waals surface area contributed by atoms with Crippen LogP contribution in [0.2, 0.25) is 0 Å². The number of rotatable bonds is 20. The van der Waals surface area contributed by atoms with Crippen molar-refractivity contribution in [3.63, 3.8) is 0 Å². The Balaban J connectivity index is 1.58. The molecular formula is C36H54N2O2S2. The number of amides is 2. The molecule has 2 unspecified atom stereocenters. The van der Waals surface area contributed by atoms with E-state index >= 15 is 0 Å². The van der Waals surface area contributed by atoms with E-state index < -0.39 is 0 Å². The molecule has 0 saturated carbocycles. The van der Waals surface area contributed by atoms with E-state index in [2.05, 4.69) is 50.6 Å². The van der Waals surface area contributed by atoms with Gasteiger partial charge in [-0.3, -0.25) is 9.59 Å². The second-order valence-electron chi connectivity index (χ2n) is 12.6. The van der Waals surface area contributed by atoms with Gasteiger partial charge < -0.3 is 9.80 Å². The minimum absolute atomic E-state index is 0.0403. The summed E-state index contributed by atoms with van der Waals surface area (Å²) in [5, 5.41) is 4.19. The van der Waals surface area contributed by atoms with Crippen LogP contribution in [0.1, 0.15) is 140 Å². The molecule has 2 aromatic rings. The van der Waals surface area contributed by atoms with Crippen LogP contribution < -0.4 is 9.80 Å². The fourth-order valence-corrected chi connectivity index (χ4v) is 8.64. The number of unbranched alkanes of at least 4 members (excludes halogenated alkanes) is 8. The van der Waals surface area contributed by atoms with Crippen LogP contribution in [0.3, 0.4) is 0 Å². The zero-order chi connectivity index (χ0) is 29.9. The highest BCUT2D eigenvalue weighted by molar-refractivity contribution is 7.14. The predicted molar refractivity (Wildman–Crippen MR) is 184 cm³/mol. The Labute approximate surface area is 263 Å². The maximum atomic E-state index is 14.3. The molecule has 6 heteroatoms. The lowest BCUT2D eigenvalue weighted by Gasteiger charge is -2.25. The van der Waals surface area contributed by atoms with Gasteiger partial charge in [-0.05, 0) is 60.4 Å². The Kier molecular flexibility index (Phi) is 13.2. The molecule has 2 atom stereocenters. The normalized spacial score (nSPS) is 17.8. The third-order valence-corrected chi connectivity index (χ3v) is 11.1. The predicted octanol–water partition coefficient (Wildman–Crippen LogP) is 11.0. The zero-order valence-corrected chi connectivity index (χ0v) is 28.4. The number of carbonyl (C=O) groups excluding carboxylic acids is 2. The van der Waals surface area contributed by atoms with E-state index in [1.807, 2.05) is 9.80 Å². The number of fused-ring (bicyclic) bond motifs is 2. The van der Waals surface area contributed by atoms with Crippen LogP contribution in [0, 0.1) is 11.8 Å². The zero-order valence-electron chi connectivity index (χ0n) is 26.7. The van der Waals surface area contributed by atoms with Crippen molar-refractivity contribution in [2.45, 2.75) is 130 Å². The highest BCUT2D eigenvalue weighted by atomic mass is 32.1. The van der Waals surface area contributed by atoms with Crippen LogP contribution >= 0.6 is 22.7 Å². The molecule has 0 saturated heterocycles. The number of nitrogens with zero attached hydrogens (tertiary/aromatic N) is 2. The van der Waals surface area contributed by atoms with Gasteiger partial charge in [-0.25, -0.2) is 0 Å². The van der Waals surface area contributed by atoms with E-state index in [-0.39, 0.29) is 11.8 Å². The summed E-state index contributed by atoms with van der Waals surface area (Å²) in [5.41, 5.74) is 3.35. The molecule has 4 nitrogen and oxygen atoms in total. The van der Waals surface area contributed by atoms with Gasteiger partial charge >= 0.3 is 0 Å². The van der Waals surface area contributed by atoms with Crippen LogP contribution in [0.25, 0.3) is 11.1 Å². The molecule has 2 aromatic heterocycles. The summed E-state index contributed by atoms with van der Waals surface area (Å²) in [6.07, 6.45) is 19.5. The van der Waals surface area contributed by atoms with Gasteiger partial charge in [0, 0.05) is 13.1 Å². The van der Waals surface area contributed by atoms with Gasteiger partial charge in [-0.1, -0.05) is 105 Å². The molecular weight excluding hydrogens is 557 g/mol. The fourth-order valence-electron chi connectivity index (χ4n) is 6.77. The maximum absolute atomic E-state index is 14.3. The summed E-state index contributed by atoms with van der Waals surface area (Å²) in [5.74, 6) is 1.09.